The molecule has 2 aromatic carbocycles. The van der Waals surface area contributed by atoms with E-state index in [9.17, 15) is 4.79 Å². The number of ether oxygens (including phenoxy) is 1. The van der Waals surface area contributed by atoms with E-state index in [1.807, 2.05) is 53.1 Å². The zero-order chi connectivity index (χ0) is 21.9. The number of aromatic nitrogens is 3. The summed E-state index contributed by atoms with van der Waals surface area (Å²) in [4.78, 5) is 15.1. The summed E-state index contributed by atoms with van der Waals surface area (Å²) in [5.41, 5.74) is 1.57. The molecule has 1 saturated heterocycles. The van der Waals surface area contributed by atoms with Gasteiger partial charge in [0.05, 0.1) is 18.6 Å². The van der Waals surface area contributed by atoms with Crippen molar-refractivity contribution in [3.05, 3.63) is 60.4 Å². The Labute approximate surface area is 190 Å². The number of para-hydroxylation sites is 3. The van der Waals surface area contributed by atoms with Crippen LogP contribution in [0.3, 0.4) is 0 Å². The molecule has 1 fully saturated rings. The molecule has 0 radical (unpaired) electrons. The fourth-order valence-electron chi connectivity index (χ4n) is 4.00. The SMILES string of the molecule is COc1ccccc1-n1c(SCC(=O)c2cc3ccccc3o2)nnc1N1CCCCC1. The molecule has 5 rings (SSSR count). The maximum Gasteiger partial charge on any atom is 0.232 e. The quantitative estimate of drug-likeness (QED) is 0.291. The molecule has 0 aliphatic carbocycles. The lowest BCUT2D eigenvalue weighted by atomic mass is 10.1. The summed E-state index contributed by atoms with van der Waals surface area (Å²) < 4.78 is 13.3. The number of benzene rings is 2. The highest BCUT2D eigenvalue weighted by Crippen LogP contribution is 2.33. The minimum Gasteiger partial charge on any atom is -0.495 e. The van der Waals surface area contributed by atoms with Gasteiger partial charge in [0.25, 0.3) is 0 Å². The highest BCUT2D eigenvalue weighted by molar-refractivity contribution is 7.99. The second-order valence-corrected chi connectivity index (χ2v) is 8.64. The number of methoxy groups -OCH3 is 1. The van der Waals surface area contributed by atoms with Crippen molar-refractivity contribution in [1.29, 1.82) is 0 Å². The Morgan fingerprint density at radius 1 is 1.06 bits per heavy atom. The van der Waals surface area contributed by atoms with Crippen molar-refractivity contribution in [2.24, 2.45) is 0 Å². The summed E-state index contributed by atoms with van der Waals surface area (Å²) in [5.74, 6) is 2.00. The molecule has 4 aromatic rings. The standard InChI is InChI=1S/C24H24N4O3S/c1-30-21-12-6-4-10-18(21)28-23(27-13-7-2-8-14-27)25-26-24(28)32-16-19(29)22-15-17-9-3-5-11-20(17)31-22/h3-6,9-12,15H,2,7-8,13-14,16H2,1H3. The van der Waals surface area contributed by atoms with Crippen molar-refractivity contribution in [3.8, 4) is 11.4 Å². The minimum atomic E-state index is -0.0831. The monoisotopic (exact) mass is 448 g/mol. The molecule has 2 aromatic heterocycles. The van der Waals surface area contributed by atoms with E-state index in [1.54, 1.807) is 13.2 Å². The Bertz CT molecular complexity index is 1210. The molecule has 164 valence electrons. The number of hydrogen-bond donors (Lipinski definition) is 0. The number of hydrogen-bond acceptors (Lipinski definition) is 7. The predicted octanol–water partition coefficient (Wildman–Crippen LogP) is 4.99. The summed E-state index contributed by atoms with van der Waals surface area (Å²) in [6, 6.07) is 17.2. The number of rotatable bonds is 7. The van der Waals surface area contributed by atoms with E-state index in [0.29, 0.717) is 16.5 Å². The zero-order valence-electron chi connectivity index (χ0n) is 17.9. The Morgan fingerprint density at radius 3 is 2.66 bits per heavy atom. The molecule has 1 aliphatic rings. The zero-order valence-corrected chi connectivity index (χ0v) is 18.7. The van der Waals surface area contributed by atoms with Crippen molar-refractivity contribution in [1.82, 2.24) is 14.8 Å². The number of nitrogens with zero attached hydrogens (tertiary/aromatic N) is 4. The van der Waals surface area contributed by atoms with Crippen LogP contribution >= 0.6 is 11.8 Å². The fourth-order valence-corrected chi connectivity index (χ4v) is 4.81. The molecule has 3 heterocycles. The van der Waals surface area contributed by atoms with Crippen LogP contribution in [0.5, 0.6) is 5.75 Å². The highest BCUT2D eigenvalue weighted by Gasteiger charge is 2.24. The van der Waals surface area contributed by atoms with Gasteiger partial charge in [-0.2, -0.15) is 0 Å². The average molecular weight is 449 g/mol. The number of piperidine rings is 1. The number of anilines is 1. The molecule has 0 saturated carbocycles. The van der Waals surface area contributed by atoms with E-state index in [4.69, 9.17) is 9.15 Å². The van der Waals surface area contributed by atoms with Crippen LogP contribution in [0.1, 0.15) is 29.8 Å². The molecule has 1 aliphatic heterocycles. The maximum absolute atomic E-state index is 12.9. The van der Waals surface area contributed by atoms with Gasteiger partial charge < -0.3 is 14.1 Å². The number of Topliss-reactive ketones (excluding diaryl/α,β-unsaturated/α-hetero) is 1. The first-order valence-corrected chi connectivity index (χ1v) is 11.7. The lowest BCUT2D eigenvalue weighted by Gasteiger charge is -2.28. The predicted molar refractivity (Wildman–Crippen MR) is 125 cm³/mol. The molecule has 0 unspecified atom stereocenters. The third-order valence-corrected chi connectivity index (χ3v) is 6.54. The van der Waals surface area contributed by atoms with E-state index in [2.05, 4.69) is 15.1 Å². The Kier molecular flexibility index (Phi) is 5.85. The summed E-state index contributed by atoms with van der Waals surface area (Å²) in [6.45, 7) is 1.88. The Morgan fingerprint density at radius 2 is 1.84 bits per heavy atom. The van der Waals surface area contributed by atoms with Crippen molar-refractivity contribution >= 4 is 34.5 Å². The van der Waals surface area contributed by atoms with Gasteiger partial charge >= 0.3 is 0 Å². The van der Waals surface area contributed by atoms with E-state index in [1.165, 1.54) is 18.2 Å². The minimum absolute atomic E-state index is 0.0831. The van der Waals surface area contributed by atoms with Crippen LogP contribution in [0.4, 0.5) is 5.95 Å². The molecule has 0 amide bonds. The highest BCUT2D eigenvalue weighted by atomic mass is 32.2. The van der Waals surface area contributed by atoms with Crippen LogP contribution in [0, 0.1) is 0 Å². The van der Waals surface area contributed by atoms with E-state index < -0.39 is 0 Å². The summed E-state index contributed by atoms with van der Waals surface area (Å²) in [7, 11) is 1.65. The van der Waals surface area contributed by atoms with Gasteiger partial charge in [0.15, 0.2) is 10.9 Å². The van der Waals surface area contributed by atoms with E-state index in [-0.39, 0.29) is 11.5 Å². The van der Waals surface area contributed by atoms with Crippen LogP contribution in [0.25, 0.3) is 16.7 Å². The molecule has 7 nitrogen and oxygen atoms in total. The normalized spacial score (nSPS) is 14.1. The van der Waals surface area contributed by atoms with Crippen LogP contribution in [0.2, 0.25) is 0 Å². The molecule has 0 N–H and O–H groups in total. The van der Waals surface area contributed by atoms with Gasteiger partial charge in [0, 0.05) is 18.5 Å². The van der Waals surface area contributed by atoms with Gasteiger partial charge in [-0.25, -0.2) is 0 Å². The van der Waals surface area contributed by atoms with Crippen LogP contribution in [-0.4, -0.2) is 46.5 Å². The second kappa shape index (κ2) is 9.08. The van der Waals surface area contributed by atoms with Gasteiger partial charge in [0.1, 0.15) is 11.3 Å². The number of thioether (sulfide) groups is 1. The van der Waals surface area contributed by atoms with Gasteiger partial charge in [-0.3, -0.25) is 9.36 Å². The molecular formula is C24H24N4O3S. The molecular weight excluding hydrogens is 424 g/mol. The topological polar surface area (TPSA) is 73.4 Å². The van der Waals surface area contributed by atoms with Crippen molar-refractivity contribution in [2.45, 2.75) is 24.4 Å². The smallest absolute Gasteiger partial charge is 0.232 e. The third kappa shape index (κ3) is 3.98. The summed E-state index contributed by atoms with van der Waals surface area (Å²) in [6.07, 6.45) is 3.49. The second-order valence-electron chi connectivity index (χ2n) is 7.70. The first-order chi connectivity index (χ1) is 15.7. The number of carbonyl (C=O) groups excluding carboxylic acids is 1. The van der Waals surface area contributed by atoms with Gasteiger partial charge in [-0.15, -0.1) is 10.2 Å². The van der Waals surface area contributed by atoms with Crippen LogP contribution in [-0.2, 0) is 0 Å². The maximum atomic E-state index is 12.9. The van der Waals surface area contributed by atoms with E-state index >= 15 is 0 Å². The lowest BCUT2D eigenvalue weighted by molar-refractivity contribution is 0.0994. The third-order valence-electron chi connectivity index (χ3n) is 5.61. The first-order valence-electron chi connectivity index (χ1n) is 10.7. The summed E-state index contributed by atoms with van der Waals surface area (Å²) >= 11 is 1.36. The largest absolute Gasteiger partial charge is 0.495 e. The Hall–Kier alpha value is -3.26. The van der Waals surface area contributed by atoms with Gasteiger partial charge in [0.2, 0.25) is 11.7 Å². The van der Waals surface area contributed by atoms with Gasteiger partial charge in [-0.1, -0.05) is 42.1 Å². The molecule has 0 spiro atoms. The molecule has 0 bridgehead atoms. The Balaban J connectivity index is 1.45. The average Bonchev–Trinajstić information content (AvgIpc) is 3.47. The van der Waals surface area contributed by atoms with Crippen molar-refractivity contribution in [2.75, 3.05) is 30.9 Å². The molecule has 0 atom stereocenters. The lowest BCUT2D eigenvalue weighted by Crippen LogP contribution is -2.31. The number of ketones is 1. The van der Waals surface area contributed by atoms with Crippen LogP contribution in [0.15, 0.2) is 64.2 Å². The van der Waals surface area contributed by atoms with E-state index in [0.717, 1.165) is 48.7 Å². The summed E-state index contributed by atoms with van der Waals surface area (Å²) in [5, 5.41) is 10.5. The molecule has 8 heteroatoms. The van der Waals surface area contributed by atoms with Crippen molar-refractivity contribution in [3.63, 3.8) is 0 Å². The number of furan rings is 1. The fraction of sp³-hybridized carbons (Fsp3) is 0.292. The van der Waals surface area contributed by atoms with Crippen molar-refractivity contribution < 1.29 is 13.9 Å². The van der Waals surface area contributed by atoms with Crippen LogP contribution < -0.4 is 9.64 Å². The van der Waals surface area contributed by atoms with Gasteiger partial charge in [-0.05, 0) is 43.5 Å². The first kappa shape index (κ1) is 20.6. The molecule has 32 heavy (non-hydrogen) atoms. The number of fused-ring (bicyclic) bond motifs is 1. The number of carbonyl (C=O) groups is 1.